The van der Waals surface area contributed by atoms with Gasteiger partial charge in [-0.15, -0.1) is 0 Å². The number of rotatable bonds is 1. The first-order valence-corrected chi connectivity index (χ1v) is 5.58. The molecular weight excluding hydrogens is 252 g/mol. The molecule has 0 saturated heterocycles. The van der Waals surface area contributed by atoms with E-state index in [0.717, 1.165) is 0 Å². The highest BCUT2D eigenvalue weighted by molar-refractivity contribution is 14.2. The first kappa shape index (κ1) is 7.27. The van der Waals surface area contributed by atoms with Crippen LogP contribution in [0.5, 0.6) is 0 Å². The maximum absolute atomic E-state index is 12.5. The molecule has 0 atom stereocenters. The lowest BCUT2D eigenvalue weighted by atomic mass is 10.5. The van der Waals surface area contributed by atoms with E-state index in [-0.39, 0.29) is 5.82 Å². The minimum Gasteiger partial charge on any atom is -0.262 e. The van der Waals surface area contributed by atoms with Crippen LogP contribution >= 0.6 is 30.1 Å². The van der Waals surface area contributed by atoms with E-state index in [2.05, 4.69) is 4.98 Å². The average molecular weight is 255 g/mol. The summed E-state index contributed by atoms with van der Waals surface area (Å²) in [6.45, 7) is 0. The monoisotopic (exact) mass is 255 g/mol. The van der Waals surface area contributed by atoms with Gasteiger partial charge in [0.25, 0.3) is 0 Å². The Bertz CT molecular complexity index is 206. The summed E-state index contributed by atoms with van der Waals surface area (Å²) in [5, 5.41) is 0. The normalized spacial score (nSPS) is 9.56. The molecule has 0 aliphatic rings. The maximum atomic E-state index is 12.5. The van der Waals surface area contributed by atoms with Gasteiger partial charge in [0.15, 0.2) is 5.82 Å². The van der Waals surface area contributed by atoms with Gasteiger partial charge >= 0.3 is 0 Å². The van der Waals surface area contributed by atoms with Crippen molar-refractivity contribution in [2.75, 3.05) is 0 Å². The third-order valence-corrected chi connectivity index (χ3v) is 2.74. The highest BCUT2D eigenvalue weighted by Crippen LogP contribution is 2.26. The number of pyridine rings is 1. The minimum atomic E-state index is -0.253. The second-order valence-electron chi connectivity index (χ2n) is 1.38. The molecule has 9 heavy (non-hydrogen) atoms. The molecule has 0 aromatic carbocycles. The Kier molecular flexibility index (Phi) is 2.71. The van der Waals surface area contributed by atoms with Crippen molar-refractivity contribution in [3.63, 3.8) is 0 Å². The summed E-state index contributed by atoms with van der Waals surface area (Å²) >= 11 is 2.03. The predicted octanol–water partition coefficient (Wildman–Crippen LogP) is 2.66. The van der Waals surface area contributed by atoms with Crippen LogP contribution in [0.3, 0.4) is 0 Å². The second kappa shape index (κ2) is 3.36. The van der Waals surface area contributed by atoms with Crippen LogP contribution in [0.4, 0.5) is 4.39 Å². The zero-order valence-corrected chi connectivity index (χ0v) is 7.32. The van der Waals surface area contributed by atoms with E-state index in [1.54, 1.807) is 12.3 Å². The van der Waals surface area contributed by atoms with Gasteiger partial charge in [0.1, 0.15) is 0 Å². The van der Waals surface area contributed by atoms with Crippen molar-refractivity contribution in [1.82, 2.24) is 4.98 Å². The van der Waals surface area contributed by atoms with Crippen molar-refractivity contribution in [3.05, 3.63) is 24.3 Å². The Morgan fingerprint density at radius 2 is 2.44 bits per heavy atom. The van der Waals surface area contributed by atoms with E-state index in [1.165, 1.54) is 15.1 Å². The average Bonchev–Trinajstić information content (AvgIpc) is 1.89. The molecule has 0 N–H and O–H groups in total. The number of aromatic nitrogens is 1. The van der Waals surface area contributed by atoms with E-state index in [9.17, 15) is 4.39 Å². The molecule has 0 amide bonds. The molecule has 0 aliphatic carbocycles. The van der Waals surface area contributed by atoms with E-state index in [1.807, 2.05) is 21.2 Å². The molecule has 0 spiro atoms. The van der Waals surface area contributed by atoms with Crippen LogP contribution in [0.15, 0.2) is 23.4 Å². The zero-order chi connectivity index (χ0) is 6.69. The van der Waals surface area contributed by atoms with E-state index in [0.29, 0.717) is 4.90 Å². The summed E-state index contributed by atoms with van der Waals surface area (Å²) < 4.78 is 12.5. The Morgan fingerprint density at radius 3 is 2.89 bits per heavy atom. The zero-order valence-electron chi connectivity index (χ0n) is 4.34. The fourth-order valence-electron chi connectivity index (χ4n) is 0.425. The third kappa shape index (κ3) is 1.79. The van der Waals surface area contributed by atoms with E-state index >= 15 is 0 Å². The van der Waals surface area contributed by atoms with Crippen molar-refractivity contribution in [2.45, 2.75) is 4.90 Å². The van der Waals surface area contributed by atoms with Crippen molar-refractivity contribution >= 4 is 30.1 Å². The molecule has 48 valence electrons. The topological polar surface area (TPSA) is 12.9 Å². The van der Waals surface area contributed by atoms with Gasteiger partial charge in [-0.3, -0.25) is 4.98 Å². The number of halogens is 2. The molecule has 0 aliphatic heterocycles. The Hall–Kier alpha value is 0.160. The fourth-order valence-corrected chi connectivity index (χ4v) is 1.74. The Labute approximate surface area is 68.6 Å². The number of hydrogen-bond donors (Lipinski definition) is 0. The van der Waals surface area contributed by atoms with Crippen LogP contribution in [0.25, 0.3) is 0 Å². The number of hydrogen-bond acceptors (Lipinski definition) is 2. The molecule has 0 saturated carbocycles. The molecule has 1 nitrogen and oxygen atoms in total. The van der Waals surface area contributed by atoms with Crippen LogP contribution in [0.1, 0.15) is 0 Å². The van der Waals surface area contributed by atoms with Crippen molar-refractivity contribution < 1.29 is 4.39 Å². The minimum absolute atomic E-state index is 0.253. The van der Waals surface area contributed by atoms with E-state index in [4.69, 9.17) is 0 Å². The third-order valence-electron chi connectivity index (χ3n) is 0.818. The highest BCUT2D eigenvalue weighted by Gasteiger charge is 1.97. The van der Waals surface area contributed by atoms with Gasteiger partial charge in [-0.05, 0) is 15.0 Å². The van der Waals surface area contributed by atoms with Gasteiger partial charge in [0.2, 0.25) is 0 Å². The summed E-state index contributed by atoms with van der Waals surface area (Å²) in [6.07, 6.45) is 2.78. The van der Waals surface area contributed by atoms with Crippen LogP contribution in [0, 0.1) is 5.82 Å². The van der Waals surface area contributed by atoms with Gasteiger partial charge < -0.3 is 0 Å². The lowest BCUT2D eigenvalue weighted by molar-refractivity contribution is 0.595. The molecule has 1 rings (SSSR count). The standard InChI is InChI=1S/C5H3FINS/c6-4-3-8-2-1-5(4)9-7/h1-3H. The lowest BCUT2D eigenvalue weighted by Gasteiger charge is -1.92. The quantitative estimate of drug-likeness (QED) is 0.715. The summed E-state index contributed by atoms with van der Waals surface area (Å²) in [5.74, 6) is -0.253. The molecule has 0 fully saturated rings. The molecule has 1 aromatic heterocycles. The molecule has 4 heteroatoms. The maximum Gasteiger partial charge on any atom is 0.155 e. The van der Waals surface area contributed by atoms with Crippen LogP contribution in [-0.2, 0) is 0 Å². The van der Waals surface area contributed by atoms with Gasteiger partial charge in [0, 0.05) is 27.4 Å². The summed E-state index contributed by atoms with van der Waals surface area (Å²) in [5.41, 5.74) is 0. The molecule has 0 radical (unpaired) electrons. The Morgan fingerprint density at radius 1 is 1.67 bits per heavy atom. The fraction of sp³-hybridized carbons (Fsp3) is 0. The molecule has 1 aromatic rings. The smallest absolute Gasteiger partial charge is 0.155 e. The summed E-state index contributed by atoms with van der Waals surface area (Å²) in [6, 6.07) is 1.65. The van der Waals surface area contributed by atoms with E-state index < -0.39 is 0 Å². The SMILES string of the molecule is Fc1cnccc1SI. The lowest BCUT2D eigenvalue weighted by Crippen LogP contribution is -1.78. The molecule has 1 heterocycles. The second-order valence-corrected chi connectivity index (χ2v) is 3.30. The summed E-state index contributed by atoms with van der Waals surface area (Å²) in [7, 11) is 1.35. The Balaban J connectivity index is 3.01. The number of nitrogens with zero attached hydrogens (tertiary/aromatic N) is 1. The summed E-state index contributed by atoms with van der Waals surface area (Å²) in [4.78, 5) is 4.23. The molecule has 0 bridgehead atoms. The first-order valence-electron chi connectivity index (χ1n) is 2.22. The van der Waals surface area contributed by atoms with Crippen molar-refractivity contribution in [2.24, 2.45) is 0 Å². The largest absolute Gasteiger partial charge is 0.262 e. The van der Waals surface area contributed by atoms with Crippen LogP contribution < -0.4 is 0 Å². The van der Waals surface area contributed by atoms with Crippen molar-refractivity contribution in [3.8, 4) is 0 Å². The first-order chi connectivity index (χ1) is 4.34. The predicted molar refractivity (Wildman–Crippen MR) is 44.1 cm³/mol. The van der Waals surface area contributed by atoms with Gasteiger partial charge in [-0.2, -0.15) is 0 Å². The van der Waals surface area contributed by atoms with Gasteiger partial charge in [0.05, 0.1) is 11.1 Å². The van der Waals surface area contributed by atoms with Gasteiger partial charge in [-0.25, -0.2) is 4.39 Å². The van der Waals surface area contributed by atoms with Crippen LogP contribution in [-0.4, -0.2) is 4.98 Å². The molecule has 0 unspecified atom stereocenters. The van der Waals surface area contributed by atoms with Crippen LogP contribution in [0.2, 0.25) is 0 Å². The highest BCUT2D eigenvalue weighted by atomic mass is 127. The van der Waals surface area contributed by atoms with Gasteiger partial charge in [-0.1, -0.05) is 0 Å². The molecular formula is C5H3FINS. The van der Waals surface area contributed by atoms with Crippen molar-refractivity contribution in [1.29, 1.82) is 0 Å².